The van der Waals surface area contributed by atoms with E-state index in [0.29, 0.717) is 0 Å². The first-order valence-corrected chi connectivity index (χ1v) is 8.31. The summed E-state index contributed by atoms with van der Waals surface area (Å²) < 4.78 is 6.36. The molecular weight excluding hydrogens is 294 g/mol. The van der Waals surface area contributed by atoms with Crippen molar-refractivity contribution in [2.24, 2.45) is 0 Å². The number of hydrogen-bond acceptors (Lipinski definition) is 2. The molecule has 0 N–H and O–H groups in total. The molecule has 2 nitrogen and oxygen atoms in total. The molecule has 4 rings (SSSR count). The van der Waals surface area contributed by atoms with E-state index in [1.807, 2.05) is 0 Å². The van der Waals surface area contributed by atoms with Crippen LogP contribution in [0.15, 0.2) is 54.6 Å². The molecule has 0 radical (unpaired) electrons. The molecule has 1 aliphatic rings. The smallest absolute Gasteiger partial charge is 0.154 e. The van der Waals surface area contributed by atoms with Gasteiger partial charge in [0.2, 0.25) is 0 Å². The fourth-order valence-electron chi connectivity index (χ4n) is 3.30. The zero-order valence-corrected chi connectivity index (χ0v) is 14.6. The van der Waals surface area contributed by atoms with Gasteiger partial charge in [-0.2, -0.15) is 0 Å². The lowest BCUT2D eigenvalue weighted by atomic mass is 10.0. The molecular formula is C22H21NO. The summed E-state index contributed by atoms with van der Waals surface area (Å²) in [6.45, 7) is 8.49. The van der Waals surface area contributed by atoms with Gasteiger partial charge in [0.25, 0.3) is 0 Å². The first kappa shape index (κ1) is 14.8. The molecule has 1 aliphatic heterocycles. The Bertz CT molecular complexity index is 943. The normalized spacial score (nSPS) is 12.4. The van der Waals surface area contributed by atoms with Gasteiger partial charge in [0.15, 0.2) is 11.5 Å². The third-order valence-corrected chi connectivity index (χ3v) is 4.79. The molecule has 120 valence electrons. The molecule has 24 heavy (non-hydrogen) atoms. The van der Waals surface area contributed by atoms with E-state index in [1.165, 1.54) is 16.7 Å². The van der Waals surface area contributed by atoms with Gasteiger partial charge in [-0.15, -0.1) is 0 Å². The van der Waals surface area contributed by atoms with E-state index < -0.39 is 0 Å². The van der Waals surface area contributed by atoms with Crippen LogP contribution in [0.2, 0.25) is 0 Å². The average Bonchev–Trinajstić information content (AvgIpc) is 2.57. The minimum atomic E-state index is 0.945. The van der Waals surface area contributed by atoms with Gasteiger partial charge in [-0.25, -0.2) is 0 Å². The van der Waals surface area contributed by atoms with Gasteiger partial charge in [-0.05, 0) is 74.2 Å². The highest BCUT2D eigenvalue weighted by molar-refractivity contribution is 5.88. The monoisotopic (exact) mass is 315 g/mol. The number of ether oxygens (including phenoxy) is 1. The van der Waals surface area contributed by atoms with Gasteiger partial charge in [0.1, 0.15) is 0 Å². The minimum Gasteiger partial charge on any atom is -0.452 e. The summed E-state index contributed by atoms with van der Waals surface area (Å²) in [5.41, 5.74) is 8.19. The Morgan fingerprint density at radius 1 is 0.708 bits per heavy atom. The Balaban J connectivity index is 2.03. The van der Waals surface area contributed by atoms with E-state index in [9.17, 15) is 0 Å². The second-order valence-electron chi connectivity index (χ2n) is 6.56. The lowest BCUT2D eigenvalue weighted by Crippen LogP contribution is -2.17. The molecule has 0 saturated carbocycles. The molecule has 1 heterocycles. The number of benzene rings is 3. The van der Waals surface area contributed by atoms with Crippen LogP contribution < -0.4 is 9.64 Å². The summed E-state index contributed by atoms with van der Waals surface area (Å²) in [6, 6.07) is 19.3. The number of anilines is 3. The van der Waals surface area contributed by atoms with Gasteiger partial charge in [-0.3, -0.25) is 0 Å². The Kier molecular flexibility index (Phi) is 3.34. The first-order valence-electron chi connectivity index (χ1n) is 8.31. The van der Waals surface area contributed by atoms with Crippen molar-refractivity contribution in [3.63, 3.8) is 0 Å². The van der Waals surface area contributed by atoms with E-state index in [0.717, 1.165) is 34.1 Å². The van der Waals surface area contributed by atoms with Crippen LogP contribution in [0.4, 0.5) is 17.1 Å². The highest BCUT2D eigenvalue weighted by Gasteiger charge is 2.28. The topological polar surface area (TPSA) is 12.5 Å². The Morgan fingerprint density at radius 2 is 1.46 bits per heavy atom. The quantitative estimate of drug-likeness (QED) is 0.398. The van der Waals surface area contributed by atoms with Crippen molar-refractivity contribution < 1.29 is 4.74 Å². The van der Waals surface area contributed by atoms with E-state index >= 15 is 0 Å². The molecule has 0 spiro atoms. The van der Waals surface area contributed by atoms with Crippen molar-refractivity contribution in [1.82, 2.24) is 0 Å². The Morgan fingerprint density at radius 3 is 2.25 bits per heavy atom. The van der Waals surface area contributed by atoms with Gasteiger partial charge in [-0.1, -0.05) is 30.3 Å². The fraction of sp³-hybridized carbons (Fsp3) is 0.182. The number of nitrogens with zero attached hydrogens (tertiary/aromatic N) is 1. The number of rotatable bonds is 1. The third-order valence-electron chi connectivity index (χ3n) is 4.79. The predicted octanol–water partition coefficient (Wildman–Crippen LogP) is 6.50. The molecule has 0 bridgehead atoms. The van der Waals surface area contributed by atoms with E-state index in [2.05, 4.69) is 87.2 Å². The molecule has 0 aliphatic carbocycles. The summed E-state index contributed by atoms with van der Waals surface area (Å²) in [6.07, 6.45) is 0. The molecule has 3 aromatic rings. The molecule has 0 saturated heterocycles. The number of para-hydroxylation sites is 1. The van der Waals surface area contributed by atoms with Crippen LogP contribution in [0.5, 0.6) is 11.5 Å². The van der Waals surface area contributed by atoms with Crippen LogP contribution in [0.3, 0.4) is 0 Å². The van der Waals surface area contributed by atoms with Crippen LogP contribution >= 0.6 is 0 Å². The van der Waals surface area contributed by atoms with Crippen molar-refractivity contribution >= 4 is 17.1 Å². The molecule has 0 amide bonds. The van der Waals surface area contributed by atoms with Crippen LogP contribution in [0, 0.1) is 27.7 Å². The van der Waals surface area contributed by atoms with E-state index in [4.69, 9.17) is 4.74 Å². The summed E-state index contributed by atoms with van der Waals surface area (Å²) in [5, 5.41) is 0. The second kappa shape index (κ2) is 5.41. The van der Waals surface area contributed by atoms with Gasteiger partial charge in [0.05, 0.1) is 11.4 Å². The summed E-state index contributed by atoms with van der Waals surface area (Å²) in [5.74, 6) is 1.90. The van der Waals surface area contributed by atoms with Crippen molar-refractivity contribution in [2.45, 2.75) is 27.7 Å². The molecule has 0 atom stereocenters. The zero-order valence-electron chi connectivity index (χ0n) is 14.6. The largest absolute Gasteiger partial charge is 0.452 e. The summed E-state index contributed by atoms with van der Waals surface area (Å²) in [7, 11) is 0. The Labute approximate surface area is 143 Å². The van der Waals surface area contributed by atoms with Crippen molar-refractivity contribution in [3.05, 3.63) is 76.9 Å². The minimum absolute atomic E-state index is 0.945. The average molecular weight is 315 g/mol. The van der Waals surface area contributed by atoms with Crippen molar-refractivity contribution in [3.8, 4) is 11.5 Å². The molecule has 3 aromatic carbocycles. The number of aryl methyl sites for hydroxylation is 3. The predicted molar refractivity (Wildman–Crippen MR) is 100 cm³/mol. The van der Waals surface area contributed by atoms with Crippen LogP contribution in [0.25, 0.3) is 0 Å². The highest BCUT2D eigenvalue weighted by Crippen LogP contribution is 2.52. The first-order chi connectivity index (χ1) is 11.6. The summed E-state index contributed by atoms with van der Waals surface area (Å²) >= 11 is 0. The third kappa shape index (κ3) is 2.18. The lowest BCUT2D eigenvalue weighted by Gasteiger charge is -2.34. The second-order valence-corrected chi connectivity index (χ2v) is 6.56. The molecule has 0 fully saturated rings. The number of hydrogen-bond donors (Lipinski definition) is 0. The van der Waals surface area contributed by atoms with Gasteiger partial charge in [0, 0.05) is 5.69 Å². The standard InChI is InChI=1S/C22H21NO/c1-14-7-5-9-18(13-14)23-19-10-6-8-16(3)21(19)24-22-17(4)15(2)11-12-20(22)23/h5-13H,1-4H3. The maximum atomic E-state index is 6.36. The fourth-order valence-corrected chi connectivity index (χ4v) is 3.30. The highest BCUT2D eigenvalue weighted by atomic mass is 16.5. The number of fused-ring (bicyclic) bond motifs is 2. The van der Waals surface area contributed by atoms with Crippen LogP contribution in [-0.4, -0.2) is 0 Å². The summed E-state index contributed by atoms with van der Waals surface area (Å²) in [4.78, 5) is 2.31. The lowest BCUT2D eigenvalue weighted by molar-refractivity contribution is 0.469. The SMILES string of the molecule is Cc1cccc(N2c3cccc(C)c3Oc3c2ccc(C)c3C)c1. The van der Waals surface area contributed by atoms with Crippen molar-refractivity contribution in [1.29, 1.82) is 0 Å². The van der Waals surface area contributed by atoms with Gasteiger partial charge < -0.3 is 9.64 Å². The van der Waals surface area contributed by atoms with Crippen LogP contribution in [-0.2, 0) is 0 Å². The van der Waals surface area contributed by atoms with Crippen LogP contribution in [0.1, 0.15) is 22.3 Å². The van der Waals surface area contributed by atoms with E-state index in [1.54, 1.807) is 0 Å². The maximum absolute atomic E-state index is 6.36. The van der Waals surface area contributed by atoms with Gasteiger partial charge >= 0.3 is 0 Å². The zero-order chi connectivity index (χ0) is 16.8. The van der Waals surface area contributed by atoms with E-state index in [-0.39, 0.29) is 0 Å². The molecule has 0 aromatic heterocycles. The molecule has 2 heteroatoms. The molecule has 0 unspecified atom stereocenters. The maximum Gasteiger partial charge on any atom is 0.154 e. The Hall–Kier alpha value is -2.74. The van der Waals surface area contributed by atoms with Crippen molar-refractivity contribution in [2.75, 3.05) is 4.90 Å².